The maximum atomic E-state index is 11.9. The zero-order chi connectivity index (χ0) is 18.5. The highest BCUT2D eigenvalue weighted by molar-refractivity contribution is 5.85. The van der Waals surface area contributed by atoms with Gasteiger partial charge in [0.15, 0.2) is 0 Å². The zero-order valence-corrected chi connectivity index (χ0v) is 15.0. The van der Waals surface area contributed by atoms with Gasteiger partial charge in [-0.15, -0.1) is 0 Å². The van der Waals surface area contributed by atoms with Crippen LogP contribution in [0.5, 0.6) is 0 Å². The van der Waals surface area contributed by atoms with Crippen molar-refractivity contribution in [1.82, 2.24) is 10.6 Å². The van der Waals surface area contributed by atoms with Crippen molar-refractivity contribution < 1.29 is 14.3 Å². The zero-order valence-electron chi connectivity index (χ0n) is 15.0. The minimum Gasteiger partial charge on any atom is -0.445 e. The molecule has 0 aliphatic carbocycles. The SMILES string of the molecule is CC.CNC(=O)C(Cc1ccccc1)NC(=O)OCc1ccccc1. The van der Waals surface area contributed by atoms with Crippen LogP contribution >= 0.6 is 0 Å². The molecule has 5 nitrogen and oxygen atoms in total. The maximum Gasteiger partial charge on any atom is 0.408 e. The summed E-state index contributed by atoms with van der Waals surface area (Å²) in [5.41, 5.74) is 1.85. The molecule has 2 aromatic rings. The molecule has 0 aliphatic rings. The third-order valence-corrected chi connectivity index (χ3v) is 3.35. The van der Waals surface area contributed by atoms with Crippen molar-refractivity contribution in [2.75, 3.05) is 7.05 Å². The Hall–Kier alpha value is -2.82. The Labute approximate surface area is 149 Å². The van der Waals surface area contributed by atoms with E-state index in [0.717, 1.165) is 11.1 Å². The van der Waals surface area contributed by atoms with Gasteiger partial charge in [0.2, 0.25) is 5.91 Å². The number of hydrogen-bond acceptors (Lipinski definition) is 3. The predicted octanol–water partition coefficient (Wildman–Crippen LogP) is 3.30. The molecule has 134 valence electrons. The first-order valence-corrected chi connectivity index (χ1v) is 8.42. The van der Waals surface area contributed by atoms with E-state index in [1.54, 1.807) is 0 Å². The molecule has 0 radical (unpaired) electrons. The monoisotopic (exact) mass is 342 g/mol. The molecule has 2 amide bonds. The fraction of sp³-hybridized carbons (Fsp3) is 0.300. The lowest BCUT2D eigenvalue weighted by molar-refractivity contribution is -0.122. The van der Waals surface area contributed by atoms with Crippen molar-refractivity contribution >= 4 is 12.0 Å². The van der Waals surface area contributed by atoms with Crippen molar-refractivity contribution in [3.63, 3.8) is 0 Å². The Morgan fingerprint density at radius 3 is 1.96 bits per heavy atom. The van der Waals surface area contributed by atoms with Crippen LogP contribution < -0.4 is 10.6 Å². The Morgan fingerprint density at radius 1 is 0.920 bits per heavy atom. The summed E-state index contributed by atoms with van der Waals surface area (Å²) in [6.45, 7) is 4.17. The number of amides is 2. The van der Waals surface area contributed by atoms with Crippen LogP contribution in [0.4, 0.5) is 4.79 Å². The van der Waals surface area contributed by atoms with E-state index in [1.807, 2.05) is 74.5 Å². The number of hydrogen-bond donors (Lipinski definition) is 2. The van der Waals surface area contributed by atoms with Gasteiger partial charge in [0.25, 0.3) is 0 Å². The summed E-state index contributed by atoms with van der Waals surface area (Å²) < 4.78 is 5.16. The van der Waals surface area contributed by atoms with Crippen LogP contribution in [0.3, 0.4) is 0 Å². The first kappa shape index (κ1) is 20.2. The number of ether oxygens (including phenoxy) is 1. The third kappa shape index (κ3) is 7.52. The smallest absolute Gasteiger partial charge is 0.408 e. The quantitative estimate of drug-likeness (QED) is 0.846. The summed E-state index contributed by atoms with van der Waals surface area (Å²) >= 11 is 0. The van der Waals surface area contributed by atoms with E-state index in [0.29, 0.717) is 6.42 Å². The number of carbonyl (C=O) groups excluding carboxylic acids is 2. The number of rotatable bonds is 6. The lowest BCUT2D eigenvalue weighted by Gasteiger charge is -2.17. The molecule has 2 rings (SSSR count). The van der Waals surface area contributed by atoms with Crippen LogP contribution in [0.2, 0.25) is 0 Å². The van der Waals surface area contributed by atoms with E-state index in [2.05, 4.69) is 10.6 Å². The van der Waals surface area contributed by atoms with Gasteiger partial charge in [-0.25, -0.2) is 4.79 Å². The number of nitrogens with one attached hydrogen (secondary N) is 2. The van der Waals surface area contributed by atoms with E-state index >= 15 is 0 Å². The molecule has 0 fully saturated rings. The Balaban J connectivity index is 0.00000151. The second-order valence-electron chi connectivity index (χ2n) is 5.06. The van der Waals surface area contributed by atoms with Crippen LogP contribution in [0, 0.1) is 0 Å². The molecule has 1 atom stereocenters. The number of carbonyl (C=O) groups is 2. The normalized spacial score (nSPS) is 10.7. The minimum atomic E-state index is -0.675. The van der Waals surface area contributed by atoms with E-state index in [4.69, 9.17) is 4.74 Å². The van der Waals surface area contributed by atoms with E-state index in [-0.39, 0.29) is 12.5 Å². The molecule has 0 saturated heterocycles. The lowest BCUT2D eigenvalue weighted by Crippen LogP contribution is -2.47. The fourth-order valence-electron chi connectivity index (χ4n) is 2.14. The van der Waals surface area contributed by atoms with Crippen LogP contribution in [-0.4, -0.2) is 25.1 Å². The fourth-order valence-corrected chi connectivity index (χ4v) is 2.14. The first-order chi connectivity index (χ1) is 12.2. The average molecular weight is 342 g/mol. The number of alkyl carbamates (subject to hydrolysis) is 1. The van der Waals surface area contributed by atoms with Crippen molar-refractivity contribution in [2.24, 2.45) is 0 Å². The molecule has 0 aromatic heterocycles. The van der Waals surface area contributed by atoms with Gasteiger partial charge in [-0.2, -0.15) is 0 Å². The molecule has 0 saturated carbocycles. The van der Waals surface area contributed by atoms with E-state index in [1.165, 1.54) is 7.05 Å². The highest BCUT2D eigenvalue weighted by Gasteiger charge is 2.20. The first-order valence-electron chi connectivity index (χ1n) is 8.42. The van der Waals surface area contributed by atoms with Crippen LogP contribution in [0.25, 0.3) is 0 Å². The minimum absolute atomic E-state index is 0.165. The van der Waals surface area contributed by atoms with Gasteiger partial charge in [-0.05, 0) is 11.1 Å². The van der Waals surface area contributed by atoms with Crippen LogP contribution in [-0.2, 0) is 22.6 Å². The Kier molecular flexibility index (Phi) is 9.45. The molecule has 2 aromatic carbocycles. The summed E-state index contributed by atoms with van der Waals surface area (Å²) in [5, 5.41) is 5.17. The average Bonchev–Trinajstić information content (AvgIpc) is 2.68. The molecule has 0 aliphatic heterocycles. The van der Waals surface area contributed by atoms with Crippen LogP contribution in [0.1, 0.15) is 25.0 Å². The molecule has 0 heterocycles. The van der Waals surface area contributed by atoms with Gasteiger partial charge < -0.3 is 15.4 Å². The summed E-state index contributed by atoms with van der Waals surface area (Å²) in [6.07, 6.45) is -0.209. The Bertz CT molecular complexity index is 630. The van der Waals surface area contributed by atoms with Gasteiger partial charge in [0.1, 0.15) is 12.6 Å². The maximum absolute atomic E-state index is 11.9. The van der Waals surface area contributed by atoms with Crippen molar-refractivity contribution in [1.29, 1.82) is 0 Å². The molecule has 1 unspecified atom stereocenters. The van der Waals surface area contributed by atoms with E-state index in [9.17, 15) is 9.59 Å². The topological polar surface area (TPSA) is 67.4 Å². The summed E-state index contributed by atoms with van der Waals surface area (Å²) in [4.78, 5) is 23.9. The van der Waals surface area contributed by atoms with Gasteiger partial charge in [0, 0.05) is 13.5 Å². The van der Waals surface area contributed by atoms with Crippen molar-refractivity contribution in [3.05, 3.63) is 71.8 Å². The molecule has 0 spiro atoms. The van der Waals surface area contributed by atoms with Gasteiger partial charge in [-0.1, -0.05) is 74.5 Å². The molecule has 25 heavy (non-hydrogen) atoms. The highest BCUT2D eigenvalue weighted by atomic mass is 16.5. The molecular weight excluding hydrogens is 316 g/mol. The standard InChI is InChI=1S/C18H20N2O3.C2H6/c1-19-17(21)16(12-14-8-4-2-5-9-14)20-18(22)23-13-15-10-6-3-7-11-15;1-2/h2-11,16H,12-13H2,1H3,(H,19,21)(H,20,22);1-2H3. The predicted molar refractivity (Wildman–Crippen MR) is 99.1 cm³/mol. The number of likely N-dealkylation sites (N-methyl/N-ethyl adjacent to an activating group) is 1. The largest absolute Gasteiger partial charge is 0.445 e. The third-order valence-electron chi connectivity index (χ3n) is 3.35. The number of benzene rings is 2. The van der Waals surface area contributed by atoms with Crippen molar-refractivity contribution in [2.45, 2.75) is 32.9 Å². The highest BCUT2D eigenvalue weighted by Crippen LogP contribution is 2.05. The molecule has 0 bridgehead atoms. The van der Waals surface area contributed by atoms with Gasteiger partial charge in [0.05, 0.1) is 0 Å². The summed E-state index contributed by atoms with van der Waals surface area (Å²) in [7, 11) is 1.54. The second kappa shape index (κ2) is 11.7. The molecule has 5 heteroatoms. The van der Waals surface area contributed by atoms with Gasteiger partial charge >= 0.3 is 6.09 Å². The van der Waals surface area contributed by atoms with Gasteiger partial charge in [-0.3, -0.25) is 4.79 Å². The van der Waals surface area contributed by atoms with Crippen LogP contribution in [0.15, 0.2) is 60.7 Å². The molecule has 2 N–H and O–H groups in total. The van der Waals surface area contributed by atoms with E-state index < -0.39 is 12.1 Å². The molecular formula is C20H26N2O3. The summed E-state index contributed by atoms with van der Waals surface area (Å²) in [5.74, 6) is -0.259. The Morgan fingerprint density at radius 2 is 1.44 bits per heavy atom. The van der Waals surface area contributed by atoms with Crippen molar-refractivity contribution in [3.8, 4) is 0 Å². The second-order valence-corrected chi connectivity index (χ2v) is 5.06. The summed E-state index contributed by atoms with van der Waals surface area (Å²) in [6, 6.07) is 18.2. The lowest BCUT2D eigenvalue weighted by atomic mass is 10.1.